The maximum absolute atomic E-state index is 11.7. The molecule has 0 spiro atoms. The van der Waals surface area contributed by atoms with Gasteiger partial charge in [0.25, 0.3) is 0 Å². The second kappa shape index (κ2) is 6.98. The first-order valence-electron chi connectivity index (χ1n) is 7.26. The summed E-state index contributed by atoms with van der Waals surface area (Å²) in [5.74, 6) is 0.641. The molecule has 2 rings (SSSR count). The molecule has 1 amide bonds. The van der Waals surface area contributed by atoms with Gasteiger partial charge in [0.1, 0.15) is 0 Å². The zero-order valence-corrected chi connectivity index (χ0v) is 13.7. The molecule has 1 N–H and O–H groups in total. The van der Waals surface area contributed by atoms with E-state index in [1.54, 1.807) is 11.8 Å². The Kier molecular flexibility index (Phi) is 5.28. The van der Waals surface area contributed by atoms with E-state index in [-0.39, 0.29) is 10.7 Å². The lowest BCUT2D eigenvalue weighted by Gasteiger charge is -2.17. The SMILES string of the molecule is CC(C)(C)SCC(=O)NCCCn1cnc2ccccc21. The van der Waals surface area contributed by atoms with E-state index in [9.17, 15) is 4.79 Å². The van der Waals surface area contributed by atoms with Crippen LogP contribution in [0.25, 0.3) is 11.0 Å². The zero-order valence-electron chi connectivity index (χ0n) is 12.9. The summed E-state index contributed by atoms with van der Waals surface area (Å²) in [7, 11) is 0. The molecular weight excluding hydrogens is 282 g/mol. The van der Waals surface area contributed by atoms with Crippen LogP contribution in [0, 0.1) is 0 Å². The Hall–Kier alpha value is -1.49. The Balaban J connectivity index is 1.71. The van der Waals surface area contributed by atoms with Crippen LogP contribution in [0.15, 0.2) is 30.6 Å². The fourth-order valence-electron chi connectivity index (χ4n) is 2.00. The van der Waals surface area contributed by atoms with Crippen LogP contribution in [-0.2, 0) is 11.3 Å². The molecule has 4 nitrogen and oxygen atoms in total. The third-order valence-corrected chi connectivity index (χ3v) is 4.33. The predicted octanol–water partition coefficient (Wildman–Crippen LogP) is 3.07. The molecule has 21 heavy (non-hydrogen) atoms. The van der Waals surface area contributed by atoms with Crippen LogP contribution in [0.2, 0.25) is 0 Å². The number of amides is 1. The monoisotopic (exact) mass is 305 g/mol. The summed E-state index contributed by atoms with van der Waals surface area (Å²) in [6.45, 7) is 7.93. The first-order valence-corrected chi connectivity index (χ1v) is 8.25. The second-order valence-corrected chi connectivity index (χ2v) is 7.83. The molecule has 0 saturated heterocycles. The Morgan fingerprint density at radius 3 is 2.86 bits per heavy atom. The van der Waals surface area contributed by atoms with E-state index in [0.29, 0.717) is 12.3 Å². The van der Waals surface area contributed by atoms with Crippen LogP contribution in [0.3, 0.4) is 0 Å². The summed E-state index contributed by atoms with van der Waals surface area (Å²) in [5, 5.41) is 2.97. The Morgan fingerprint density at radius 2 is 2.10 bits per heavy atom. The van der Waals surface area contributed by atoms with Crippen molar-refractivity contribution in [3.8, 4) is 0 Å². The number of nitrogens with zero attached hydrogens (tertiary/aromatic N) is 2. The Labute approximate surface area is 130 Å². The molecule has 0 aliphatic rings. The molecule has 0 radical (unpaired) electrons. The number of hydrogen-bond donors (Lipinski definition) is 1. The first-order chi connectivity index (χ1) is 9.96. The minimum atomic E-state index is 0.116. The maximum atomic E-state index is 11.7. The maximum Gasteiger partial charge on any atom is 0.230 e. The normalized spacial score (nSPS) is 11.8. The van der Waals surface area contributed by atoms with Gasteiger partial charge in [0.05, 0.1) is 23.1 Å². The summed E-state index contributed by atoms with van der Waals surface area (Å²) >= 11 is 1.67. The second-order valence-electron chi connectivity index (χ2n) is 6.03. The number of thioether (sulfide) groups is 1. The number of aromatic nitrogens is 2. The van der Waals surface area contributed by atoms with Crippen molar-refractivity contribution in [1.29, 1.82) is 0 Å². The van der Waals surface area contributed by atoms with E-state index < -0.39 is 0 Å². The molecule has 0 unspecified atom stereocenters. The van der Waals surface area contributed by atoms with Gasteiger partial charge < -0.3 is 9.88 Å². The van der Waals surface area contributed by atoms with Crippen LogP contribution in [0.4, 0.5) is 0 Å². The highest BCUT2D eigenvalue weighted by Gasteiger charge is 2.12. The zero-order chi connectivity index (χ0) is 15.3. The molecule has 0 saturated carbocycles. The number of carbonyl (C=O) groups excluding carboxylic acids is 1. The highest BCUT2D eigenvalue weighted by molar-refractivity contribution is 8.01. The number of nitrogens with one attached hydrogen (secondary N) is 1. The first kappa shape index (κ1) is 15.9. The van der Waals surface area contributed by atoms with Crippen LogP contribution >= 0.6 is 11.8 Å². The molecule has 0 aliphatic carbocycles. The topological polar surface area (TPSA) is 46.9 Å². The van der Waals surface area contributed by atoms with Crippen molar-refractivity contribution in [1.82, 2.24) is 14.9 Å². The fourth-order valence-corrected chi connectivity index (χ4v) is 2.66. The number of imidazole rings is 1. The van der Waals surface area contributed by atoms with Gasteiger partial charge in [-0.1, -0.05) is 32.9 Å². The van der Waals surface area contributed by atoms with Crippen molar-refractivity contribution in [2.45, 2.75) is 38.5 Å². The number of benzene rings is 1. The summed E-state index contributed by atoms with van der Waals surface area (Å²) in [5.41, 5.74) is 2.16. The van der Waals surface area contributed by atoms with Crippen LogP contribution < -0.4 is 5.32 Å². The van der Waals surface area contributed by atoms with Gasteiger partial charge >= 0.3 is 0 Å². The van der Waals surface area contributed by atoms with Crippen molar-refractivity contribution in [2.75, 3.05) is 12.3 Å². The van der Waals surface area contributed by atoms with E-state index >= 15 is 0 Å². The summed E-state index contributed by atoms with van der Waals surface area (Å²) in [6.07, 6.45) is 2.77. The van der Waals surface area contributed by atoms with Crippen LogP contribution in [0.1, 0.15) is 27.2 Å². The molecule has 114 valence electrons. The average molecular weight is 305 g/mol. The van der Waals surface area contributed by atoms with E-state index in [0.717, 1.165) is 24.0 Å². The molecular formula is C16H23N3OS. The smallest absolute Gasteiger partial charge is 0.230 e. The van der Waals surface area contributed by atoms with Crippen LogP contribution in [-0.4, -0.2) is 32.5 Å². The van der Waals surface area contributed by atoms with Crippen molar-refractivity contribution in [2.24, 2.45) is 0 Å². The minimum Gasteiger partial charge on any atom is -0.355 e. The molecule has 1 heterocycles. The minimum absolute atomic E-state index is 0.116. The highest BCUT2D eigenvalue weighted by atomic mass is 32.2. The van der Waals surface area contributed by atoms with E-state index in [1.807, 2.05) is 24.5 Å². The van der Waals surface area contributed by atoms with Crippen molar-refractivity contribution < 1.29 is 4.79 Å². The van der Waals surface area contributed by atoms with Gasteiger partial charge in [0.15, 0.2) is 0 Å². The Bertz CT molecular complexity index is 601. The Morgan fingerprint density at radius 1 is 1.33 bits per heavy atom. The standard InChI is InChI=1S/C16H23N3OS/c1-16(2,3)21-11-15(20)17-9-6-10-19-12-18-13-7-4-5-8-14(13)19/h4-5,7-8,12H,6,9-11H2,1-3H3,(H,17,20). The van der Waals surface area contributed by atoms with Gasteiger partial charge in [0.2, 0.25) is 5.91 Å². The number of rotatable bonds is 6. The summed E-state index contributed by atoms with van der Waals surface area (Å²) < 4.78 is 2.26. The van der Waals surface area contributed by atoms with Gasteiger partial charge in [-0.3, -0.25) is 4.79 Å². The molecule has 2 aromatic rings. The predicted molar refractivity (Wildman–Crippen MR) is 89.6 cm³/mol. The number of aryl methyl sites for hydroxylation is 1. The highest BCUT2D eigenvalue weighted by Crippen LogP contribution is 2.22. The molecule has 1 aromatic carbocycles. The van der Waals surface area contributed by atoms with Crippen molar-refractivity contribution >= 4 is 28.7 Å². The lowest BCUT2D eigenvalue weighted by molar-refractivity contribution is -0.118. The van der Waals surface area contributed by atoms with E-state index in [2.05, 4.69) is 41.7 Å². The molecule has 0 fully saturated rings. The third kappa shape index (κ3) is 5.08. The van der Waals surface area contributed by atoms with Gasteiger partial charge in [-0.15, -0.1) is 11.8 Å². The average Bonchev–Trinajstić information content (AvgIpc) is 2.84. The van der Waals surface area contributed by atoms with Gasteiger partial charge in [0, 0.05) is 17.8 Å². The summed E-state index contributed by atoms with van der Waals surface area (Å²) in [4.78, 5) is 16.1. The van der Waals surface area contributed by atoms with Gasteiger partial charge in [-0.05, 0) is 18.6 Å². The number of para-hydroxylation sites is 2. The largest absolute Gasteiger partial charge is 0.355 e. The lowest BCUT2D eigenvalue weighted by atomic mass is 10.3. The van der Waals surface area contributed by atoms with Gasteiger partial charge in [-0.25, -0.2) is 4.98 Å². The molecule has 1 aromatic heterocycles. The number of fused-ring (bicyclic) bond motifs is 1. The third-order valence-electron chi connectivity index (χ3n) is 3.06. The van der Waals surface area contributed by atoms with E-state index in [4.69, 9.17) is 0 Å². The number of carbonyl (C=O) groups is 1. The quantitative estimate of drug-likeness (QED) is 0.834. The molecule has 0 aliphatic heterocycles. The molecule has 0 atom stereocenters. The number of hydrogen-bond acceptors (Lipinski definition) is 3. The molecule has 5 heteroatoms. The molecule has 0 bridgehead atoms. The van der Waals surface area contributed by atoms with Crippen molar-refractivity contribution in [3.05, 3.63) is 30.6 Å². The van der Waals surface area contributed by atoms with E-state index in [1.165, 1.54) is 0 Å². The van der Waals surface area contributed by atoms with Crippen molar-refractivity contribution in [3.63, 3.8) is 0 Å². The van der Waals surface area contributed by atoms with Gasteiger partial charge in [-0.2, -0.15) is 0 Å². The fraction of sp³-hybridized carbons (Fsp3) is 0.500. The van der Waals surface area contributed by atoms with Crippen LogP contribution in [0.5, 0.6) is 0 Å². The summed E-state index contributed by atoms with van der Waals surface area (Å²) in [6, 6.07) is 8.09. The lowest BCUT2D eigenvalue weighted by Crippen LogP contribution is -2.28.